The second-order valence-electron chi connectivity index (χ2n) is 6.70. The van der Waals surface area contributed by atoms with Crippen molar-refractivity contribution in [2.75, 3.05) is 30.8 Å². The van der Waals surface area contributed by atoms with Gasteiger partial charge in [-0.25, -0.2) is 24.3 Å². The van der Waals surface area contributed by atoms with E-state index in [9.17, 15) is 4.39 Å². The van der Waals surface area contributed by atoms with Crippen LogP contribution in [0.1, 0.15) is 37.7 Å². The third-order valence-electron chi connectivity index (χ3n) is 4.92. The fourth-order valence-electron chi connectivity index (χ4n) is 3.44. The zero-order valence-electron chi connectivity index (χ0n) is 15.4. The molecule has 1 atom stereocenters. The van der Waals surface area contributed by atoms with E-state index >= 15 is 0 Å². The van der Waals surface area contributed by atoms with Crippen molar-refractivity contribution in [2.45, 2.75) is 45.2 Å². The van der Waals surface area contributed by atoms with E-state index in [2.05, 4.69) is 31.9 Å². The van der Waals surface area contributed by atoms with Crippen LogP contribution in [0.25, 0.3) is 0 Å². The molecule has 7 nitrogen and oxygen atoms in total. The Morgan fingerprint density at radius 1 is 1.27 bits per heavy atom. The Morgan fingerprint density at radius 3 is 2.88 bits per heavy atom. The third-order valence-corrected chi connectivity index (χ3v) is 4.92. The van der Waals surface area contributed by atoms with Gasteiger partial charge in [-0.3, -0.25) is 4.90 Å². The number of hydrogen-bond donors (Lipinski definition) is 1. The molecule has 26 heavy (non-hydrogen) atoms. The van der Waals surface area contributed by atoms with Crippen molar-refractivity contribution in [3.63, 3.8) is 0 Å². The minimum Gasteiger partial charge on any atom is -0.384 e. The molecular formula is C18H26FN7. The third kappa shape index (κ3) is 4.24. The number of aryl methyl sites for hydroxylation is 1. The summed E-state index contributed by atoms with van der Waals surface area (Å²) in [7, 11) is 2.08. The molecular weight excluding hydrogens is 333 g/mol. The molecule has 0 amide bonds. The maximum atomic E-state index is 14.6. The summed E-state index contributed by atoms with van der Waals surface area (Å²) in [5.74, 6) is 1.36. The zero-order chi connectivity index (χ0) is 18.5. The lowest BCUT2D eigenvalue weighted by molar-refractivity contribution is 0.212. The summed E-state index contributed by atoms with van der Waals surface area (Å²) >= 11 is 0. The molecule has 0 aromatic carbocycles. The van der Waals surface area contributed by atoms with Crippen LogP contribution >= 0.6 is 0 Å². The van der Waals surface area contributed by atoms with E-state index in [4.69, 9.17) is 5.73 Å². The van der Waals surface area contributed by atoms with Crippen molar-refractivity contribution in [1.29, 1.82) is 0 Å². The number of hydrogen-bond acceptors (Lipinski definition) is 7. The average molecular weight is 359 g/mol. The standard InChI is InChI=1S/C18H26FN7/c1-3-14-17(19)18(23-12-22-14)26-9-4-5-13(7-10-26)25(2)11-16-21-8-6-15(20)24-16/h6,8,12-13H,3-5,7,9-11H2,1-2H3,(H2,20,21,24)/t13-/m0/s1. The molecule has 1 aliphatic heterocycles. The van der Waals surface area contributed by atoms with Crippen LogP contribution in [0.4, 0.5) is 16.0 Å². The van der Waals surface area contributed by atoms with Crippen LogP contribution < -0.4 is 10.6 Å². The Balaban J connectivity index is 1.64. The second-order valence-corrected chi connectivity index (χ2v) is 6.70. The predicted octanol–water partition coefficient (Wildman–Crippen LogP) is 2.04. The number of aromatic nitrogens is 4. The van der Waals surface area contributed by atoms with Crippen LogP contribution in [0.15, 0.2) is 18.6 Å². The van der Waals surface area contributed by atoms with E-state index in [1.807, 2.05) is 11.8 Å². The van der Waals surface area contributed by atoms with E-state index in [0.29, 0.717) is 36.3 Å². The molecule has 0 spiro atoms. The van der Waals surface area contributed by atoms with Crippen molar-refractivity contribution in [1.82, 2.24) is 24.8 Å². The summed E-state index contributed by atoms with van der Waals surface area (Å²) in [6, 6.07) is 2.08. The van der Waals surface area contributed by atoms with Crippen LogP contribution in [-0.4, -0.2) is 51.0 Å². The molecule has 8 heteroatoms. The highest BCUT2D eigenvalue weighted by Gasteiger charge is 2.24. The number of nitrogen functional groups attached to an aromatic ring is 1. The van der Waals surface area contributed by atoms with Gasteiger partial charge in [0.25, 0.3) is 0 Å². The van der Waals surface area contributed by atoms with E-state index in [1.165, 1.54) is 6.33 Å². The Morgan fingerprint density at radius 2 is 2.12 bits per heavy atom. The van der Waals surface area contributed by atoms with E-state index in [-0.39, 0.29) is 5.82 Å². The van der Waals surface area contributed by atoms with E-state index in [0.717, 1.165) is 38.2 Å². The first kappa shape index (κ1) is 18.4. The van der Waals surface area contributed by atoms with Gasteiger partial charge in [-0.05, 0) is 38.8 Å². The fourth-order valence-corrected chi connectivity index (χ4v) is 3.44. The molecule has 0 unspecified atom stereocenters. The molecule has 1 aliphatic rings. The van der Waals surface area contributed by atoms with Crippen LogP contribution in [0.2, 0.25) is 0 Å². The van der Waals surface area contributed by atoms with Crippen molar-refractivity contribution in [3.8, 4) is 0 Å². The van der Waals surface area contributed by atoms with Crippen molar-refractivity contribution in [2.24, 2.45) is 0 Å². The first-order chi connectivity index (χ1) is 12.6. The van der Waals surface area contributed by atoms with Gasteiger partial charge < -0.3 is 10.6 Å². The lowest BCUT2D eigenvalue weighted by Gasteiger charge is -2.27. The van der Waals surface area contributed by atoms with E-state index in [1.54, 1.807) is 12.3 Å². The highest BCUT2D eigenvalue weighted by molar-refractivity contribution is 5.41. The van der Waals surface area contributed by atoms with Crippen molar-refractivity contribution in [3.05, 3.63) is 35.9 Å². The number of halogens is 1. The lowest BCUT2D eigenvalue weighted by Crippen LogP contribution is -2.33. The van der Waals surface area contributed by atoms with Crippen molar-refractivity contribution >= 4 is 11.6 Å². The smallest absolute Gasteiger partial charge is 0.187 e. The fraction of sp³-hybridized carbons (Fsp3) is 0.556. The van der Waals surface area contributed by atoms with Crippen LogP contribution in [0.3, 0.4) is 0 Å². The number of nitrogens with two attached hydrogens (primary N) is 1. The van der Waals surface area contributed by atoms with Crippen LogP contribution in [0.5, 0.6) is 0 Å². The Hall–Kier alpha value is -2.35. The highest BCUT2D eigenvalue weighted by Crippen LogP contribution is 2.24. The minimum atomic E-state index is -0.282. The normalized spacial score (nSPS) is 18.2. The maximum Gasteiger partial charge on any atom is 0.187 e. The van der Waals surface area contributed by atoms with Gasteiger partial charge in [0.1, 0.15) is 18.0 Å². The summed E-state index contributed by atoms with van der Waals surface area (Å²) in [6.45, 7) is 4.12. The highest BCUT2D eigenvalue weighted by atomic mass is 19.1. The van der Waals surface area contributed by atoms with Gasteiger partial charge in [-0.15, -0.1) is 0 Å². The largest absolute Gasteiger partial charge is 0.384 e. The van der Waals surface area contributed by atoms with Gasteiger partial charge in [-0.2, -0.15) is 0 Å². The SMILES string of the molecule is CCc1ncnc(N2CCC[C@H](N(C)Cc3nccc(N)n3)CC2)c1F. The summed E-state index contributed by atoms with van der Waals surface area (Å²) < 4.78 is 14.6. The average Bonchev–Trinajstić information content (AvgIpc) is 2.88. The molecule has 2 aromatic rings. The Kier molecular flexibility index (Phi) is 5.92. The monoisotopic (exact) mass is 359 g/mol. The molecule has 140 valence electrons. The molecule has 3 rings (SSSR count). The molecule has 2 aromatic heterocycles. The summed E-state index contributed by atoms with van der Waals surface area (Å²) in [6.07, 6.45) is 6.68. The Bertz CT molecular complexity index is 739. The summed E-state index contributed by atoms with van der Waals surface area (Å²) in [4.78, 5) is 21.1. The topological polar surface area (TPSA) is 84.1 Å². The summed E-state index contributed by atoms with van der Waals surface area (Å²) in [5.41, 5.74) is 6.21. The second kappa shape index (κ2) is 8.35. The lowest BCUT2D eigenvalue weighted by atomic mass is 10.1. The van der Waals surface area contributed by atoms with E-state index < -0.39 is 0 Å². The Labute approximate surface area is 153 Å². The molecule has 0 aliphatic carbocycles. The number of anilines is 2. The molecule has 1 fully saturated rings. The van der Waals surface area contributed by atoms with Gasteiger partial charge in [0.15, 0.2) is 11.6 Å². The first-order valence-corrected chi connectivity index (χ1v) is 9.10. The molecule has 0 radical (unpaired) electrons. The molecule has 0 bridgehead atoms. The molecule has 3 heterocycles. The van der Waals surface area contributed by atoms with Gasteiger partial charge in [-0.1, -0.05) is 6.92 Å². The van der Waals surface area contributed by atoms with Gasteiger partial charge in [0, 0.05) is 25.3 Å². The first-order valence-electron chi connectivity index (χ1n) is 9.10. The number of rotatable bonds is 5. The minimum absolute atomic E-state index is 0.282. The van der Waals surface area contributed by atoms with Gasteiger partial charge >= 0.3 is 0 Å². The van der Waals surface area contributed by atoms with Gasteiger partial charge in [0.05, 0.1) is 12.2 Å². The van der Waals surface area contributed by atoms with Crippen LogP contribution in [0, 0.1) is 5.82 Å². The quantitative estimate of drug-likeness (QED) is 0.874. The molecule has 0 saturated carbocycles. The zero-order valence-corrected chi connectivity index (χ0v) is 15.4. The maximum absolute atomic E-state index is 14.6. The number of nitrogens with zero attached hydrogens (tertiary/aromatic N) is 6. The molecule has 2 N–H and O–H groups in total. The summed E-state index contributed by atoms with van der Waals surface area (Å²) in [5, 5.41) is 0. The van der Waals surface area contributed by atoms with Gasteiger partial charge in [0.2, 0.25) is 0 Å². The van der Waals surface area contributed by atoms with Crippen LogP contribution in [-0.2, 0) is 13.0 Å². The molecule has 1 saturated heterocycles. The van der Waals surface area contributed by atoms with Crippen molar-refractivity contribution < 1.29 is 4.39 Å². The predicted molar refractivity (Wildman–Crippen MR) is 99.1 cm³/mol.